The highest BCUT2D eigenvalue weighted by Crippen LogP contribution is 2.31. The van der Waals surface area contributed by atoms with Crippen molar-refractivity contribution in [2.75, 3.05) is 31.1 Å². The van der Waals surface area contributed by atoms with E-state index < -0.39 is 4.92 Å². The second-order valence-corrected chi connectivity index (χ2v) is 6.97. The molecule has 9 heteroatoms. The Labute approximate surface area is 166 Å². The highest BCUT2D eigenvalue weighted by atomic mass is 35.5. The Kier molecular flexibility index (Phi) is 6.08. The summed E-state index contributed by atoms with van der Waals surface area (Å²) in [5.41, 5.74) is 1.51. The van der Waals surface area contributed by atoms with Gasteiger partial charge in [0.1, 0.15) is 11.5 Å². The van der Waals surface area contributed by atoms with Crippen molar-refractivity contribution in [1.82, 2.24) is 10.2 Å². The first-order valence-electron chi connectivity index (χ1n) is 8.40. The number of hydrogen-bond donors (Lipinski definition) is 1. The number of halogens is 2. The van der Waals surface area contributed by atoms with Gasteiger partial charge in [0.2, 0.25) is 0 Å². The molecule has 1 fully saturated rings. The Balaban J connectivity index is 1.56. The van der Waals surface area contributed by atoms with Crippen LogP contribution in [0.1, 0.15) is 5.56 Å². The standard InChI is InChI=1S/C18H18ClFN4O2S/c19-14-3-6-16(17(11-14)24(25)26)22-7-9-23(10-8-22)18(27)21-12-13-1-4-15(20)5-2-13/h1-6,11H,7-10,12H2,(H,21,27). The number of hydrogen-bond acceptors (Lipinski definition) is 4. The van der Waals surface area contributed by atoms with Gasteiger partial charge in [0.25, 0.3) is 5.69 Å². The first kappa shape index (κ1) is 19.3. The number of anilines is 1. The summed E-state index contributed by atoms with van der Waals surface area (Å²) in [6.07, 6.45) is 0. The minimum Gasteiger partial charge on any atom is -0.362 e. The maximum atomic E-state index is 12.9. The summed E-state index contributed by atoms with van der Waals surface area (Å²) in [4.78, 5) is 14.9. The smallest absolute Gasteiger partial charge is 0.294 e. The summed E-state index contributed by atoms with van der Waals surface area (Å²) in [5, 5.41) is 15.4. The van der Waals surface area contributed by atoms with Gasteiger partial charge < -0.3 is 15.1 Å². The van der Waals surface area contributed by atoms with Crippen molar-refractivity contribution >= 4 is 40.3 Å². The van der Waals surface area contributed by atoms with E-state index in [-0.39, 0.29) is 11.5 Å². The zero-order chi connectivity index (χ0) is 19.4. The van der Waals surface area contributed by atoms with Crippen molar-refractivity contribution in [3.63, 3.8) is 0 Å². The predicted molar refractivity (Wildman–Crippen MR) is 108 cm³/mol. The number of thiocarbonyl (C=S) groups is 1. The molecule has 0 aliphatic carbocycles. The van der Waals surface area contributed by atoms with E-state index in [0.29, 0.717) is 48.5 Å². The monoisotopic (exact) mass is 408 g/mol. The van der Waals surface area contributed by atoms with Crippen LogP contribution in [0.3, 0.4) is 0 Å². The van der Waals surface area contributed by atoms with Crippen LogP contribution in [0.2, 0.25) is 5.02 Å². The van der Waals surface area contributed by atoms with Gasteiger partial charge >= 0.3 is 0 Å². The molecule has 2 aromatic rings. The summed E-state index contributed by atoms with van der Waals surface area (Å²) in [5.74, 6) is -0.270. The minimum atomic E-state index is -0.414. The molecule has 0 unspecified atom stereocenters. The van der Waals surface area contributed by atoms with Gasteiger partial charge in [0, 0.05) is 43.8 Å². The molecule has 0 spiro atoms. The molecular formula is C18H18ClFN4O2S. The molecule has 2 aromatic carbocycles. The highest BCUT2D eigenvalue weighted by molar-refractivity contribution is 7.80. The molecule has 1 aliphatic heterocycles. The second-order valence-electron chi connectivity index (χ2n) is 6.15. The Morgan fingerprint density at radius 1 is 1.19 bits per heavy atom. The lowest BCUT2D eigenvalue weighted by atomic mass is 10.2. The van der Waals surface area contributed by atoms with Crippen molar-refractivity contribution in [2.24, 2.45) is 0 Å². The number of rotatable bonds is 4. The lowest BCUT2D eigenvalue weighted by Crippen LogP contribution is -2.51. The van der Waals surface area contributed by atoms with Crippen LogP contribution in [0.25, 0.3) is 0 Å². The number of nitro benzene ring substituents is 1. The highest BCUT2D eigenvalue weighted by Gasteiger charge is 2.24. The Morgan fingerprint density at radius 2 is 1.85 bits per heavy atom. The van der Waals surface area contributed by atoms with Crippen LogP contribution >= 0.6 is 23.8 Å². The van der Waals surface area contributed by atoms with Gasteiger partial charge in [-0.1, -0.05) is 23.7 Å². The average Bonchev–Trinajstić information content (AvgIpc) is 2.67. The third-order valence-electron chi connectivity index (χ3n) is 4.40. The molecule has 1 saturated heterocycles. The van der Waals surface area contributed by atoms with Gasteiger partial charge in [-0.2, -0.15) is 0 Å². The maximum absolute atomic E-state index is 12.9. The van der Waals surface area contributed by atoms with E-state index in [1.54, 1.807) is 24.3 Å². The van der Waals surface area contributed by atoms with E-state index in [2.05, 4.69) is 5.32 Å². The molecule has 0 atom stereocenters. The fourth-order valence-electron chi connectivity index (χ4n) is 2.95. The van der Waals surface area contributed by atoms with E-state index in [4.69, 9.17) is 23.8 Å². The van der Waals surface area contributed by atoms with Gasteiger partial charge in [0.15, 0.2) is 5.11 Å². The number of nitrogens with one attached hydrogen (secondary N) is 1. The van der Waals surface area contributed by atoms with Crippen LogP contribution in [-0.4, -0.2) is 41.1 Å². The van der Waals surface area contributed by atoms with Gasteiger partial charge in [-0.25, -0.2) is 4.39 Å². The van der Waals surface area contributed by atoms with Gasteiger partial charge in [-0.3, -0.25) is 10.1 Å². The minimum absolute atomic E-state index is 0.00737. The molecular weight excluding hydrogens is 391 g/mol. The van der Waals surface area contributed by atoms with Crippen LogP contribution in [0, 0.1) is 15.9 Å². The summed E-state index contributed by atoms with van der Waals surface area (Å²) < 4.78 is 12.9. The molecule has 1 aliphatic rings. The van der Waals surface area contributed by atoms with Gasteiger partial charge in [0.05, 0.1) is 4.92 Å². The summed E-state index contributed by atoms with van der Waals surface area (Å²) in [6, 6.07) is 11.0. The fraction of sp³-hybridized carbons (Fsp3) is 0.278. The lowest BCUT2D eigenvalue weighted by Gasteiger charge is -2.37. The van der Waals surface area contributed by atoms with Crippen molar-refractivity contribution in [1.29, 1.82) is 0 Å². The first-order chi connectivity index (χ1) is 12.9. The third kappa shape index (κ3) is 4.84. The molecule has 3 rings (SSSR count). The molecule has 0 radical (unpaired) electrons. The zero-order valence-electron chi connectivity index (χ0n) is 14.4. The Morgan fingerprint density at radius 3 is 2.48 bits per heavy atom. The Bertz CT molecular complexity index is 842. The normalized spacial score (nSPS) is 14.1. The average molecular weight is 409 g/mol. The predicted octanol–water partition coefficient (Wildman–Crippen LogP) is 3.58. The van der Waals surface area contributed by atoms with Crippen molar-refractivity contribution in [3.05, 3.63) is 69.0 Å². The zero-order valence-corrected chi connectivity index (χ0v) is 16.0. The number of nitro groups is 1. The lowest BCUT2D eigenvalue weighted by molar-refractivity contribution is -0.384. The van der Waals surface area contributed by atoms with Crippen molar-refractivity contribution in [2.45, 2.75) is 6.54 Å². The van der Waals surface area contributed by atoms with E-state index in [1.165, 1.54) is 18.2 Å². The van der Waals surface area contributed by atoms with E-state index >= 15 is 0 Å². The molecule has 6 nitrogen and oxygen atoms in total. The maximum Gasteiger partial charge on any atom is 0.294 e. The number of nitrogens with zero attached hydrogens (tertiary/aromatic N) is 3. The molecule has 1 heterocycles. The number of piperazine rings is 1. The quantitative estimate of drug-likeness (QED) is 0.474. The van der Waals surface area contributed by atoms with Gasteiger partial charge in [-0.15, -0.1) is 0 Å². The fourth-order valence-corrected chi connectivity index (χ4v) is 3.37. The van der Waals surface area contributed by atoms with Crippen molar-refractivity contribution < 1.29 is 9.31 Å². The second kappa shape index (κ2) is 8.49. The van der Waals surface area contributed by atoms with E-state index in [1.807, 2.05) is 9.80 Å². The Hall–Kier alpha value is -2.45. The molecule has 0 aromatic heterocycles. The molecule has 142 valence electrons. The first-order valence-corrected chi connectivity index (χ1v) is 9.19. The van der Waals surface area contributed by atoms with Gasteiger partial charge in [-0.05, 0) is 42.0 Å². The van der Waals surface area contributed by atoms with Crippen LogP contribution < -0.4 is 10.2 Å². The van der Waals surface area contributed by atoms with E-state index in [0.717, 1.165) is 5.56 Å². The largest absolute Gasteiger partial charge is 0.362 e. The van der Waals surface area contributed by atoms with Crippen LogP contribution in [-0.2, 0) is 6.54 Å². The van der Waals surface area contributed by atoms with Crippen molar-refractivity contribution in [3.8, 4) is 0 Å². The molecule has 0 amide bonds. The summed E-state index contributed by atoms with van der Waals surface area (Å²) >= 11 is 11.3. The molecule has 1 N–H and O–H groups in total. The van der Waals surface area contributed by atoms with Crippen LogP contribution in [0.5, 0.6) is 0 Å². The SMILES string of the molecule is O=[N+]([O-])c1cc(Cl)ccc1N1CCN(C(=S)NCc2ccc(F)cc2)CC1. The topological polar surface area (TPSA) is 61.7 Å². The molecule has 27 heavy (non-hydrogen) atoms. The third-order valence-corrected chi connectivity index (χ3v) is 5.04. The van der Waals surface area contributed by atoms with E-state index in [9.17, 15) is 14.5 Å². The van der Waals surface area contributed by atoms with Crippen LogP contribution in [0.4, 0.5) is 15.8 Å². The molecule has 0 saturated carbocycles. The van der Waals surface area contributed by atoms with Crippen LogP contribution in [0.15, 0.2) is 42.5 Å². The summed E-state index contributed by atoms with van der Waals surface area (Å²) in [7, 11) is 0. The molecule has 0 bridgehead atoms. The number of benzene rings is 2. The summed E-state index contributed by atoms with van der Waals surface area (Å²) in [6.45, 7) is 3.04.